The smallest absolute Gasteiger partial charge is 0.151 e. The minimum Gasteiger partial charge on any atom is -0.493 e. The molecule has 1 aromatic rings. The second-order valence-electron chi connectivity index (χ2n) is 5.50. The molecular formula is C16H23ClN2O2. The number of hydrogen-bond donors (Lipinski definition) is 0. The van der Waals surface area contributed by atoms with E-state index in [1.165, 1.54) is 19.5 Å². The minimum absolute atomic E-state index is 0.443. The van der Waals surface area contributed by atoms with Crippen molar-refractivity contribution in [2.45, 2.75) is 12.8 Å². The zero-order valence-corrected chi connectivity index (χ0v) is 13.3. The fourth-order valence-electron chi connectivity index (χ4n) is 2.49. The maximum Gasteiger partial charge on any atom is 0.151 e. The second-order valence-corrected chi connectivity index (χ2v) is 5.91. The summed E-state index contributed by atoms with van der Waals surface area (Å²) in [5.74, 6) is 0.723. The normalized spacial score (nSPS) is 17.4. The van der Waals surface area contributed by atoms with Gasteiger partial charge in [0, 0.05) is 25.2 Å². The lowest BCUT2D eigenvalue weighted by molar-refractivity contribution is 0.112. The molecule has 1 aromatic carbocycles. The second kappa shape index (κ2) is 8.37. The monoisotopic (exact) mass is 310 g/mol. The Labute approximate surface area is 131 Å². The summed E-state index contributed by atoms with van der Waals surface area (Å²) < 4.78 is 5.69. The molecule has 1 saturated heterocycles. The number of ether oxygens (including phenoxy) is 1. The van der Waals surface area contributed by atoms with E-state index in [0.717, 1.165) is 38.1 Å². The van der Waals surface area contributed by atoms with Crippen LogP contribution in [0.5, 0.6) is 5.75 Å². The van der Waals surface area contributed by atoms with Gasteiger partial charge in [0.05, 0.1) is 11.6 Å². The molecule has 0 unspecified atom stereocenters. The first kappa shape index (κ1) is 16.3. The van der Waals surface area contributed by atoms with Crippen LogP contribution in [-0.2, 0) is 0 Å². The predicted octanol–water partition coefficient (Wildman–Crippen LogP) is 2.56. The van der Waals surface area contributed by atoms with Gasteiger partial charge in [-0.25, -0.2) is 0 Å². The van der Waals surface area contributed by atoms with Gasteiger partial charge in [0.1, 0.15) is 5.75 Å². The van der Waals surface area contributed by atoms with Crippen molar-refractivity contribution in [1.82, 2.24) is 9.80 Å². The van der Waals surface area contributed by atoms with Gasteiger partial charge in [-0.2, -0.15) is 0 Å². The van der Waals surface area contributed by atoms with E-state index in [-0.39, 0.29) is 0 Å². The average Bonchev–Trinajstić information content (AvgIpc) is 2.68. The van der Waals surface area contributed by atoms with E-state index >= 15 is 0 Å². The van der Waals surface area contributed by atoms with Gasteiger partial charge in [0.2, 0.25) is 0 Å². The molecule has 1 aliphatic rings. The quantitative estimate of drug-likeness (QED) is 0.597. The number of carbonyl (C=O) groups is 1. The van der Waals surface area contributed by atoms with E-state index in [4.69, 9.17) is 16.3 Å². The lowest BCUT2D eigenvalue weighted by Gasteiger charge is -2.19. The lowest BCUT2D eigenvalue weighted by atomic mass is 10.2. The average molecular weight is 311 g/mol. The first-order chi connectivity index (χ1) is 10.2. The summed E-state index contributed by atoms with van der Waals surface area (Å²) in [5.41, 5.74) is 0.498. The van der Waals surface area contributed by atoms with Gasteiger partial charge < -0.3 is 14.5 Å². The molecule has 4 nitrogen and oxygen atoms in total. The van der Waals surface area contributed by atoms with Crippen LogP contribution < -0.4 is 4.74 Å². The molecule has 0 bridgehead atoms. The highest BCUT2D eigenvalue weighted by Gasteiger charge is 2.11. The fraction of sp³-hybridized carbons (Fsp3) is 0.562. The highest BCUT2D eigenvalue weighted by molar-refractivity contribution is 6.33. The van der Waals surface area contributed by atoms with Crippen LogP contribution in [0.25, 0.3) is 0 Å². The number of benzene rings is 1. The van der Waals surface area contributed by atoms with Gasteiger partial charge in [-0.1, -0.05) is 11.6 Å². The largest absolute Gasteiger partial charge is 0.493 e. The summed E-state index contributed by atoms with van der Waals surface area (Å²) in [6.07, 6.45) is 2.99. The van der Waals surface area contributed by atoms with Crippen LogP contribution in [0.2, 0.25) is 5.02 Å². The Bertz CT molecular complexity index is 468. The van der Waals surface area contributed by atoms with Gasteiger partial charge in [0.15, 0.2) is 6.29 Å². The zero-order chi connectivity index (χ0) is 15.1. The Hall–Kier alpha value is -1.10. The highest BCUT2D eigenvalue weighted by atomic mass is 35.5. The van der Waals surface area contributed by atoms with Gasteiger partial charge >= 0.3 is 0 Å². The Morgan fingerprint density at radius 2 is 2.14 bits per heavy atom. The van der Waals surface area contributed by atoms with E-state index in [0.29, 0.717) is 17.2 Å². The molecule has 0 saturated carbocycles. The Balaban J connectivity index is 1.69. The van der Waals surface area contributed by atoms with E-state index in [1.807, 2.05) is 0 Å². The molecule has 0 atom stereocenters. The summed E-state index contributed by atoms with van der Waals surface area (Å²) in [6, 6.07) is 5.18. The van der Waals surface area contributed by atoms with Crippen molar-refractivity contribution in [2.24, 2.45) is 0 Å². The van der Waals surface area contributed by atoms with Gasteiger partial charge in [0.25, 0.3) is 0 Å². The topological polar surface area (TPSA) is 32.8 Å². The van der Waals surface area contributed by atoms with Crippen molar-refractivity contribution >= 4 is 17.9 Å². The van der Waals surface area contributed by atoms with Gasteiger partial charge in [-0.3, -0.25) is 4.79 Å². The third-order valence-electron chi connectivity index (χ3n) is 3.80. The molecular weight excluding hydrogens is 288 g/mol. The number of aldehydes is 1. The molecule has 116 valence electrons. The van der Waals surface area contributed by atoms with Crippen LogP contribution in [0.3, 0.4) is 0 Å². The predicted molar refractivity (Wildman–Crippen MR) is 85.5 cm³/mol. The van der Waals surface area contributed by atoms with E-state index in [2.05, 4.69) is 16.8 Å². The van der Waals surface area contributed by atoms with Crippen LogP contribution in [-0.4, -0.2) is 62.5 Å². The van der Waals surface area contributed by atoms with Crippen LogP contribution in [0.1, 0.15) is 23.2 Å². The van der Waals surface area contributed by atoms with Crippen molar-refractivity contribution in [1.29, 1.82) is 0 Å². The zero-order valence-electron chi connectivity index (χ0n) is 12.6. The summed E-state index contributed by atoms with van der Waals surface area (Å²) in [4.78, 5) is 15.6. The highest BCUT2D eigenvalue weighted by Crippen LogP contribution is 2.21. The van der Waals surface area contributed by atoms with Crippen molar-refractivity contribution in [3.63, 3.8) is 0 Å². The number of likely N-dealkylation sites (N-methyl/N-ethyl adjacent to an activating group) is 1. The summed E-state index contributed by atoms with van der Waals surface area (Å²) in [6.45, 7) is 6.37. The first-order valence-electron chi connectivity index (χ1n) is 7.47. The van der Waals surface area contributed by atoms with Crippen molar-refractivity contribution in [3.05, 3.63) is 28.8 Å². The standard InChI is InChI=1S/C16H23ClN2O2/c1-18-6-2-7-19(10-9-18)8-3-11-21-15-5-4-14(13-20)16(17)12-15/h4-5,12-13H,2-3,6-11H2,1H3. The number of carbonyl (C=O) groups excluding carboxylic acids is 1. The van der Waals surface area contributed by atoms with Gasteiger partial charge in [-0.15, -0.1) is 0 Å². The van der Waals surface area contributed by atoms with Crippen molar-refractivity contribution < 1.29 is 9.53 Å². The van der Waals surface area contributed by atoms with Gasteiger partial charge in [-0.05, 0) is 51.2 Å². The van der Waals surface area contributed by atoms with Crippen LogP contribution in [0.15, 0.2) is 18.2 Å². The summed E-state index contributed by atoms with van der Waals surface area (Å²) in [7, 11) is 2.18. The number of nitrogens with zero attached hydrogens (tertiary/aromatic N) is 2. The molecule has 21 heavy (non-hydrogen) atoms. The molecule has 0 N–H and O–H groups in total. The molecule has 1 fully saturated rings. The SMILES string of the molecule is CN1CCCN(CCCOc2ccc(C=O)c(Cl)c2)CC1. The van der Waals surface area contributed by atoms with E-state index in [1.54, 1.807) is 18.2 Å². The third-order valence-corrected chi connectivity index (χ3v) is 4.13. The Morgan fingerprint density at radius 3 is 2.90 bits per heavy atom. The maximum absolute atomic E-state index is 10.7. The lowest BCUT2D eigenvalue weighted by Crippen LogP contribution is -2.30. The first-order valence-corrected chi connectivity index (χ1v) is 7.85. The van der Waals surface area contributed by atoms with E-state index < -0.39 is 0 Å². The molecule has 0 amide bonds. The molecule has 0 aromatic heterocycles. The number of halogens is 1. The van der Waals surface area contributed by atoms with Crippen LogP contribution >= 0.6 is 11.6 Å². The van der Waals surface area contributed by atoms with Crippen molar-refractivity contribution in [2.75, 3.05) is 46.4 Å². The summed E-state index contributed by atoms with van der Waals surface area (Å²) in [5, 5.41) is 0.443. The molecule has 1 heterocycles. The van der Waals surface area contributed by atoms with Crippen molar-refractivity contribution in [3.8, 4) is 5.75 Å². The molecule has 0 radical (unpaired) electrons. The molecule has 1 aliphatic heterocycles. The van der Waals surface area contributed by atoms with Crippen LogP contribution in [0, 0.1) is 0 Å². The Morgan fingerprint density at radius 1 is 1.29 bits per heavy atom. The number of rotatable bonds is 6. The molecule has 0 spiro atoms. The number of hydrogen-bond acceptors (Lipinski definition) is 4. The Kier molecular flexibility index (Phi) is 6.49. The van der Waals surface area contributed by atoms with Crippen LogP contribution in [0.4, 0.5) is 0 Å². The fourth-order valence-corrected chi connectivity index (χ4v) is 2.71. The molecule has 2 rings (SSSR count). The maximum atomic E-state index is 10.7. The molecule has 0 aliphatic carbocycles. The minimum atomic E-state index is 0.443. The summed E-state index contributed by atoms with van der Waals surface area (Å²) >= 11 is 5.97. The molecule has 5 heteroatoms. The van der Waals surface area contributed by atoms with E-state index in [9.17, 15) is 4.79 Å². The third kappa shape index (κ3) is 5.30.